The van der Waals surface area contributed by atoms with Gasteiger partial charge in [0.15, 0.2) is 5.11 Å². The van der Waals surface area contributed by atoms with Crippen LogP contribution in [-0.2, 0) is 4.79 Å². The van der Waals surface area contributed by atoms with Crippen LogP contribution in [0.3, 0.4) is 0 Å². The molecule has 12 heavy (non-hydrogen) atoms. The lowest BCUT2D eigenvalue weighted by Gasteiger charge is -2.40. The number of hydrogen-bond acceptors (Lipinski definition) is 2. The molecule has 0 aromatic carbocycles. The minimum atomic E-state index is 0.0232. The van der Waals surface area contributed by atoms with Crippen LogP contribution < -0.4 is 10.6 Å². The largest absolute Gasteiger partial charge is 0.366 e. The molecule has 0 aromatic rings. The number of hydrogen-bond donors (Lipinski definition) is 2. The normalized spacial score (nSPS) is 16.7. The van der Waals surface area contributed by atoms with E-state index in [1.54, 1.807) is 7.05 Å². The highest BCUT2D eigenvalue weighted by Gasteiger charge is 2.28. The van der Waals surface area contributed by atoms with Crippen molar-refractivity contribution < 1.29 is 4.79 Å². The van der Waals surface area contributed by atoms with E-state index in [2.05, 4.69) is 10.6 Å². The van der Waals surface area contributed by atoms with Crippen molar-refractivity contribution >= 4 is 23.2 Å². The SMILES string of the molecule is CNC(=S)N1CC(NC(C)=O)C1. The number of nitrogens with zero attached hydrogens (tertiary/aromatic N) is 1. The Balaban J connectivity index is 2.20. The number of carbonyl (C=O) groups is 1. The molecule has 2 N–H and O–H groups in total. The van der Waals surface area contributed by atoms with Crippen LogP contribution in [0, 0.1) is 0 Å². The summed E-state index contributed by atoms with van der Waals surface area (Å²) < 4.78 is 0. The molecule has 0 aromatic heterocycles. The number of carbonyl (C=O) groups excluding carboxylic acids is 1. The summed E-state index contributed by atoms with van der Waals surface area (Å²) in [4.78, 5) is 12.6. The summed E-state index contributed by atoms with van der Waals surface area (Å²) in [5.74, 6) is 0.0232. The Kier molecular flexibility index (Phi) is 2.86. The van der Waals surface area contributed by atoms with Crippen molar-refractivity contribution in [2.75, 3.05) is 20.1 Å². The Morgan fingerprint density at radius 1 is 1.58 bits per heavy atom. The molecule has 1 rings (SSSR count). The van der Waals surface area contributed by atoms with Crippen molar-refractivity contribution in [1.82, 2.24) is 15.5 Å². The van der Waals surface area contributed by atoms with Crippen LogP contribution in [0.15, 0.2) is 0 Å². The zero-order valence-corrected chi connectivity index (χ0v) is 8.07. The number of likely N-dealkylation sites (tertiary alicyclic amines) is 1. The van der Waals surface area contributed by atoms with Crippen LogP contribution in [0.2, 0.25) is 0 Å². The highest BCUT2D eigenvalue weighted by molar-refractivity contribution is 7.80. The number of nitrogens with one attached hydrogen (secondary N) is 2. The minimum Gasteiger partial charge on any atom is -0.366 e. The average Bonchev–Trinajstić information content (AvgIpc) is 1.94. The van der Waals surface area contributed by atoms with Gasteiger partial charge < -0.3 is 15.5 Å². The highest BCUT2D eigenvalue weighted by atomic mass is 32.1. The zero-order valence-electron chi connectivity index (χ0n) is 7.26. The summed E-state index contributed by atoms with van der Waals surface area (Å²) in [6.07, 6.45) is 0. The van der Waals surface area contributed by atoms with E-state index in [4.69, 9.17) is 12.2 Å². The Hall–Kier alpha value is -0.840. The molecule has 68 valence electrons. The Bertz CT molecular complexity index is 201. The number of thiocarbonyl (C=S) groups is 1. The molecule has 0 unspecified atom stereocenters. The molecular weight excluding hydrogens is 174 g/mol. The maximum atomic E-state index is 10.6. The molecule has 0 spiro atoms. The van der Waals surface area contributed by atoms with Gasteiger partial charge in [0.05, 0.1) is 6.04 Å². The van der Waals surface area contributed by atoms with E-state index in [1.807, 2.05) is 4.90 Å². The van der Waals surface area contributed by atoms with E-state index < -0.39 is 0 Å². The maximum Gasteiger partial charge on any atom is 0.217 e. The van der Waals surface area contributed by atoms with Gasteiger partial charge >= 0.3 is 0 Å². The molecule has 4 nitrogen and oxygen atoms in total. The second-order valence-corrected chi connectivity index (χ2v) is 3.24. The molecule has 1 heterocycles. The molecule has 1 amide bonds. The first-order chi connectivity index (χ1) is 5.63. The van der Waals surface area contributed by atoms with E-state index in [-0.39, 0.29) is 11.9 Å². The summed E-state index contributed by atoms with van der Waals surface area (Å²) in [5, 5.41) is 6.45. The molecule has 1 aliphatic rings. The average molecular weight is 187 g/mol. The van der Waals surface area contributed by atoms with Gasteiger partial charge in [0.1, 0.15) is 0 Å². The van der Waals surface area contributed by atoms with Gasteiger partial charge in [-0.05, 0) is 12.2 Å². The topological polar surface area (TPSA) is 44.4 Å². The van der Waals surface area contributed by atoms with E-state index in [0.29, 0.717) is 0 Å². The second-order valence-electron chi connectivity index (χ2n) is 2.86. The van der Waals surface area contributed by atoms with Crippen molar-refractivity contribution in [1.29, 1.82) is 0 Å². The first-order valence-electron chi connectivity index (χ1n) is 3.87. The van der Waals surface area contributed by atoms with Gasteiger partial charge in [-0.2, -0.15) is 0 Å². The van der Waals surface area contributed by atoms with Gasteiger partial charge in [-0.1, -0.05) is 0 Å². The molecule has 1 saturated heterocycles. The van der Waals surface area contributed by atoms with E-state index in [9.17, 15) is 4.79 Å². The highest BCUT2D eigenvalue weighted by Crippen LogP contribution is 2.07. The molecular formula is C7H13N3OS. The molecule has 0 bridgehead atoms. The Morgan fingerprint density at radius 2 is 2.17 bits per heavy atom. The second kappa shape index (κ2) is 3.71. The Morgan fingerprint density at radius 3 is 2.58 bits per heavy atom. The first kappa shape index (κ1) is 9.25. The van der Waals surface area contributed by atoms with Gasteiger partial charge in [0, 0.05) is 27.1 Å². The van der Waals surface area contributed by atoms with Gasteiger partial charge in [0.25, 0.3) is 0 Å². The fourth-order valence-corrected chi connectivity index (χ4v) is 1.33. The summed E-state index contributed by atoms with van der Waals surface area (Å²) in [7, 11) is 1.80. The molecule has 0 aliphatic carbocycles. The molecule has 1 fully saturated rings. The van der Waals surface area contributed by atoms with Crippen molar-refractivity contribution in [2.24, 2.45) is 0 Å². The third-order valence-corrected chi connectivity index (χ3v) is 2.25. The fourth-order valence-electron chi connectivity index (χ4n) is 1.18. The van der Waals surface area contributed by atoms with Crippen LogP contribution >= 0.6 is 12.2 Å². The Labute approximate surface area is 77.3 Å². The van der Waals surface area contributed by atoms with Crippen molar-refractivity contribution in [3.63, 3.8) is 0 Å². The van der Waals surface area contributed by atoms with Gasteiger partial charge in [0.2, 0.25) is 5.91 Å². The lowest BCUT2D eigenvalue weighted by molar-refractivity contribution is -0.120. The van der Waals surface area contributed by atoms with E-state index >= 15 is 0 Å². The maximum absolute atomic E-state index is 10.6. The van der Waals surface area contributed by atoms with Crippen molar-refractivity contribution in [3.05, 3.63) is 0 Å². The predicted molar refractivity (Wildman–Crippen MR) is 50.8 cm³/mol. The summed E-state index contributed by atoms with van der Waals surface area (Å²) in [6, 6.07) is 0.272. The lowest BCUT2D eigenvalue weighted by atomic mass is 10.1. The summed E-state index contributed by atoms with van der Waals surface area (Å²) in [6.45, 7) is 3.16. The molecule has 0 atom stereocenters. The van der Waals surface area contributed by atoms with Crippen LogP contribution in [0.5, 0.6) is 0 Å². The van der Waals surface area contributed by atoms with Crippen molar-refractivity contribution in [2.45, 2.75) is 13.0 Å². The van der Waals surface area contributed by atoms with Crippen LogP contribution in [0.25, 0.3) is 0 Å². The quantitative estimate of drug-likeness (QED) is 0.533. The zero-order chi connectivity index (χ0) is 9.14. The van der Waals surface area contributed by atoms with Gasteiger partial charge in [-0.25, -0.2) is 0 Å². The number of amides is 1. The molecule has 0 saturated carbocycles. The third-order valence-electron chi connectivity index (χ3n) is 1.79. The van der Waals surface area contributed by atoms with Gasteiger partial charge in [-0.15, -0.1) is 0 Å². The lowest BCUT2D eigenvalue weighted by Crippen LogP contribution is -2.62. The minimum absolute atomic E-state index is 0.0232. The summed E-state index contributed by atoms with van der Waals surface area (Å²) in [5.41, 5.74) is 0. The predicted octanol–water partition coefficient (Wildman–Crippen LogP) is -0.689. The third kappa shape index (κ3) is 2.07. The van der Waals surface area contributed by atoms with Crippen LogP contribution in [0.4, 0.5) is 0 Å². The van der Waals surface area contributed by atoms with Crippen molar-refractivity contribution in [3.8, 4) is 0 Å². The van der Waals surface area contributed by atoms with Crippen LogP contribution in [-0.4, -0.2) is 42.1 Å². The molecule has 0 radical (unpaired) electrons. The smallest absolute Gasteiger partial charge is 0.217 e. The molecule has 5 heteroatoms. The van der Waals surface area contributed by atoms with Crippen LogP contribution in [0.1, 0.15) is 6.92 Å². The fraction of sp³-hybridized carbons (Fsp3) is 0.714. The standard InChI is InChI=1S/C7H13N3OS/c1-5(11)9-6-3-10(4-6)7(12)8-2/h6H,3-4H2,1-2H3,(H,8,12)(H,9,11). The van der Waals surface area contributed by atoms with E-state index in [0.717, 1.165) is 18.2 Å². The molecule has 1 aliphatic heterocycles. The first-order valence-corrected chi connectivity index (χ1v) is 4.28. The number of rotatable bonds is 1. The van der Waals surface area contributed by atoms with E-state index in [1.165, 1.54) is 6.92 Å². The monoisotopic (exact) mass is 187 g/mol. The van der Waals surface area contributed by atoms with Gasteiger partial charge in [-0.3, -0.25) is 4.79 Å². The summed E-state index contributed by atoms with van der Waals surface area (Å²) >= 11 is 5.00.